The second-order valence-electron chi connectivity index (χ2n) is 5.44. The van der Waals surface area contributed by atoms with Crippen LogP contribution in [0.25, 0.3) is 0 Å². The number of hydrogen-bond donors (Lipinski definition) is 1. The van der Waals surface area contributed by atoms with Gasteiger partial charge in [0.2, 0.25) is 0 Å². The van der Waals surface area contributed by atoms with Crippen LogP contribution in [-0.2, 0) is 4.79 Å². The maximum atomic E-state index is 10.9. The lowest BCUT2D eigenvalue weighted by Gasteiger charge is -2.16. The van der Waals surface area contributed by atoms with Crippen LogP contribution in [0.1, 0.15) is 13.8 Å². The number of ether oxygens (including phenoxy) is 2. The van der Waals surface area contributed by atoms with Crippen molar-refractivity contribution in [2.75, 3.05) is 6.61 Å². The molecule has 0 saturated heterocycles. The van der Waals surface area contributed by atoms with Crippen LogP contribution in [0.4, 0.5) is 0 Å². The van der Waals surface area contributed by atoms with Crippen molar-refractivity contribution in [3.8, 4) is 17.2 Å². The molecule has 0 aliphatic rings. The number of carboxylic acid groups (broad SMARTS) is 1. The van der Waals surface area contributed by atoms with Gasteiger partial charge < -0.3 is 14.6 Å². The van der Waals surface area contributed by atoms with E-state index in [1.165, 1.54) is 0 Å². The predicted molar refractivity (Wildman–Crippen MR) is 89.4 cm³/mol. The second kappa shape index (κ2) is 7.88. The molecule has 0 saturated carbocycles. The Morgan fingerprint density at radius 1 is 1.00 bits per heavy atom. The first-order valence-electron chi connectivity index (χ1n) is 7.35. The van der Waals surface area contributed by atoms with Gasteiger partial charge in [0.05, 0.1) is 12.5 Å². The number of hydrogen-bond acceptors (Lipinski definition) is 3. The van der Waals surface area contributed by atoms with Gasteiger partial charge in [0, 0.05) is 10.9 Å². The summed E-state index contributed by atoms with van der Waals surface area (Å²) in [5, 5.41) is 9.62. The molecule has 0 aliphatic carbocycles. The van der Waals surface area contributed by atoms with Crippen molar-refractivity contribution in [1.82, 2.24) is 0 Å². The first-order valence-corrected chi connectivity index (χ1v) is 7.72. The van der Waals surface area contributed by atoms with E-state index in [2.05, 4.69) is 0 Å². The van der Waals surface area contributed by atoms with Crippen LogP contribution in [0, 0.1) is 11.8 Å². The van der Waals surface area contributed by atoms with Crippen molar-refractivity contribution >= 4 is 17.6 Å². The summed E-state index contributed by atoms with van der Waals surface area (Å²) in [6.07, 6.45) is 0. The van der Waals surface area contributed by atoms with Crippen molar-refractivity contribution in [3.05, 3.63) is 53.6 Å². The molecule has 0 aromatic heterocycles. The molecule has 0 bridgehead atoms. The van der Waals surface area contributed by atoms with Gasteiger partial charge >= 0.3 is 5.97 Å². The molecule has 122 valence electrons. The third kappa shape index (κ3) is 5.18. The lowest BCUT2D eigenvalue weighted by molar-refractivity contribution is -0.143. The van der Waals surface area contributed by atoms with Crippen molar-refractivity contribution < 1.29 is 19.4 Å². The second-order valence-corrected chi connectivity index (χ2v) is 5.88. The van der Waals surface area contributed by atoms with Crippen molar-refractivity contribution in [3.63, 3.8) is 0 Å². The fraction of sp³-hybridized carbons (Fsp3) is 0.278. The zero-order valence-corrected chi connectivity index (χ0v) is 13.8. The van der Waals surface area contributed by atoms with E-state index in [-0.39, 0.29) is 5.92 Å². The minimum Gasteiger partial charge on any atom is -0.493 e. The molecular formula is C18H19ClO4. The highest BCUT2D eigenvalue weighted by Gasteiger charge is 2.19. The molecular weight excluding hydrogens is 316 g/mol. The van der Waals surface area contributed by atoms with E-state index in [9.17, 15) is 4.79 Å². The molecule has 4 nitrogen and oxygen atoms in total. The Morgan fingerprint density at radius 3 is 2.00 bits per heavy atom. The summed E-state index contributed by atoms with van der Waals surface area (Å²) in [6.45, 7) is 3.89. The van der Waals surface area contributed by atoms with Gasteiger partial charge in [-0.1, -0.05) is 25.4 Å². The molecule has 0 fully saturated rings. The number of benzene rings is 2. The fourth-order valence-corrected chi connectivity index (χ4v) is 1.98. The summed E-state index contributed by atoms with van der Waals surface area (Å²) in [5.74, 6) is 0.740. The van der Waals surface area contributed by atoms with Crippen molar-refractivity contribution in [1.29, 1.82) is 0 Å². The monoisotopic (exact) mass is 334 g/mol. The molecule has 2 unspecified atom stereocenters. The minimum atomic E-state index is -0.812. The van der Waals surface area contributed by atoms with Crippen LogP contribution in [0.3, 0.4) is 0 Å². The van der Waals surface area contributed by atoms with Gasteiger partial charge in [-0.05, 0) is 48.5 Å². The highest BCUT2D eigenvalue weighted by Crippen LogP contribution is 2.25. The van der Waals surface area contributed by atoms with Crippen LogP contribution < -0.4 is 9.47 Å². The number of carbonyl (C=O) groups is 1. The van der Waals surface area contributed by atoms with Gasteiger partial charge in [0.1, 0.15) is 17.2 Å². The zero-order chi connectivity index (χ0) is 16.8. The fourth-order valence-electron chi connectivity index (χ4n) is 1.86. The lowest BCUT2D eigenvalue weighted by atomic mass is 9.97. The molecule has 0 spiro atoms. The molecule has 0 radical (unpaired) electrons. The van der Waals surface area contributed by atoms with Gasteiger partial charge in [-0.25, -0.2) is 0 Å². The summed E-state index contributed by atoms with van der Waals surface area (Å²) in [7, 11) is 0. The van der Waals surface area contributed by atoms with Gasteiger partial charge in [0.15, 0.2) is 0 Å². The zero-order valence-electron chi connectivity index (χ0n) is 13.0. The molecule has 1 N–H and O–H groups in total. The van der Waals surface area contributed by atoms with E-state index in [1.54, 1.807) is 55.5 Å². The summed E-state index contributed by atoms with van der Waals surface area (Å²) in [6, 6.07) is 14.3. The molecule has 2 atom stereocenters. The first kappa shape index (κ1) is 17.2. The van der Waals surface area contributed by atoms with Crippen LogP contribution in [0.2, 0.25) is 5.02 Å². The molecule has 5 heteroatoms. The highest BCUT2D eigenvalue weighted by atomic mass is 35.5. The number of carboxylic acids is 1. The molecule has 0 amide bonds. The maximum absolute atomic E-state index is 10.9. The van der Waals surface area contributed by atoms with Gasteiger partial charge in [-0.15, -0.1) is 0 Å². The third-order valence-corrected chi connectivity index (χ3v) is 3.88. The first-order chi connectivity index (χ1) is 11.0. The molecule has 2 aromatic rings. The normalized spacial score (nSPS) is 13.2. The minimum absolute atomic E-state index is 0.0718. The summed E-state index contributed by atoms with van der Waals surface area (Å²) in [4.78, 5) is 10.9. The third-order valence-electron chi connectivity index (χ3n) is 3.63. The quantitative estimate of drug-likeness (QED) is 0.785. The van der Waals surface area contributed by atoms with E-state index in [1.807, 2.05) is 6.92 Å². The van der Waals surface area contributed by atoms with Crippen LogP contribution >= 0.6 is 11.6 Å². The van der Waals surface area contributed by atoms with Crippen LogP contribution in [-0.4, -0.2) is 17.7 Å². The SMILES string of the molecule is CC(COc1ccc(Oc2ccc(Cl)cc2)cc1)C(C)C(=O)O. The molecule has 0 aliphatic heterocycles. The largest absolute Gasteiger partial charge is 0.493 e. The van der Waals surface area contributed by atoms with Crippen molar-refractivity contribution in [2.24, 2.45) is 11.8 Å². The van der Waals surface area contributed by atoms with Gasteiger partial charge in [-0.3, -0.25) is 4.79 Å². The molecule has 23 heavy (non-hydrogen) atoms. The lowest BCUT2D eigenvalue weighted by Crippen LogP contribution is -2.23. The van der Waals surface area contributed by atoms with E-state index < -0.39 is 11.9 Å². The van der Waals surface area contributed by atoms with Crippen LogP contribution in [0.5, 0.6) is 17.2 Å². The van der Waals surface area contributed by atoms with Gasteiger partial charge in [-0.2, -0.15) is 0 Å². The van der Waals surface area contributed by atoms with E-state index >= 15 is 0 Å². The number of rotatable bonds is 7. The van der Waals surface area contributed by atoms with Gasteiger partial charge in [0.25, 0.3) is 0 Å². The van der Waals surface area contributed by atoms with Crippen molar-refractivity contribution in [2.45, 2.75) is 13.8 Å². The topological polar surface area (TPSA) is 55.8 Å². The highest BCUT2D eigenvalue weighted by molar-refractivity contribution is 6.30. The smallest absolute Gasteiger partial charge is 0.306 e. The Balaban J connectivity index is 1.89. The Hall–Kier alpha value is -2.20. The Labute approximate surface area is 140 Å². The standard InChI is InChI=1S/C18H19ClO4/c1-12(13(2)18(20)21)11-22-15-7-9-17(10-8-15)23-16-5-3-14(19)4-6-16/h3-10,12-13H,11H2,1-2H3,(H,20,21). The van der Waals surface area contributed by atoms with Crippen LogP contribution in [0.15, 0.2) is 48.5 Å². The van der Waals surface area contributed by atoms with E-state index in [0.717, 1.165) is 0 Å². The molecule has 2 rings (SSSR count). The summed E-state index contributed by atoms with van der Waals surface area (Å²) >= 11 is 5.83. The number of aliphatic carboxylic acids is 1. The Bertz CT molecular complexity index is 637. The summed E-state index contributed by atoms with van der Waals surface area (Å²) < 4.78 is 11.3. The Morgan fingerprint density at radius 2 is 1.48 bits per heavy atom. The van der Waals surface area contributed by atoms with E-state index in [4.69, 9.17) is 26.2 Å². The predicted octanol–water partition coefficient (Wildman–Crippen LogP) is 4.87. The Kier molecular flexibility index (Phi) is 5.88. The summed E-state index contributed by atoms with van der Waals surface area (Å²) in [5.41, 5.74) is 0. The average molecular weight is 335 g/mol. The van der Waals surface area contributed by atoms with E-state index in [0.29, 0.717) is 28.9 Å². The molecule has 0 heterocycles. The molecule has 2 aromatic carbocycles. The number of halogens is 1. The average Bonchev–Trinajstić information content (AvgIpc) is 2.55. The maximum Gasteiger partial charge on any atom is 0.306 e.